The summed E-state index contributed by atoms with van der Waals surface area (Å²) in [7, 11) is 0. The average molecular weight is 306 g/mol. The number of hydrogen-bond donors (Lipinski definition) is 1. The van der Waals surface area contributed by atoms with Crippen LogP contribution in [0, 0.1) is 0 Å². The number of amides is 1. The van der Waals surface area contributed by atoms with Gasteiger partial charge >= 0.3 is 0 Å². The average Bonchev–Trinajstić information content (AvgIpc) is 3.21. The fraction of sp³-hybridized carbons (Fsp3) is 0.350. The summed E-state index contributed by atoms with van der Waals surface area (Å²) in [5, 5.41) is 3.38. The molecule has 2 aliphatic rings. The molecule has 0 bridgehead atoms. The monoisotopic (exact) mass is 306 g/mol. The largest absolute Gasteiger partial charge is 0.374 e. The van der Waals surface area contributed by atoms with Crippen molar-refractivity contribution in [2.24, 2.45) is 0 Å². The fourth-order valence-corrected chi connectivity index (χ4v) is 3.76. The van der Waals surface area contributed by atoms with Crippen molar-refractivity contribution in [1.29, 1.82) is 0 Å². The van der Waals surface area contributed by atoms with Crippen LogP contribution in [-0.2, 0) is 11.2 Å². The quantitative estimate of drug-likeness (QED) is 0.800. The van der Waals surface area contributed by atoms with Crippen LogP contribution in [0.4, 0.5) is 5.69 Å². The molecule has 23 heavy (non-hydrogen) atoms. The predicted molar refractivity (Wildman–Crippen MR) is 93.6 cm³/mol. The number of hydrogen-bond acceptors (Lipinski definition) is 2. The summed E-state index contributed by atoms with van der Waals surface area (Å²) < 4.78 is 0. The van der Waals surface area contributed by atoms with E-state index in [4.69, 9.17) is 0 Å². The van der Waals surface area contributed by atoms with Gasteiger partial charge in [0, 0.05) is 18.8 Å². The maximum atomic E-state index is 12.4. The van der Waals surface area contributed by atoms with Crippen LogP contribution in [0.3, 0.4) is 0 Å². The number of nitrogens with one attached hydrogen (secondary N) is 1. The van der Waals surface area contributed by atoms with Crippen molar-refractivity contribution < 1.29 is 4.79 Å². The van der Waals surface area contributed by atoms with Gasteiger partial charge in [0.1, 0.15) is 6.04 Å². The molecular formula is C20H22N2O. The number of carbonyl (C=O) groups is 1. The highest BCUT2D eigenvalue weighted by molar-refractivity contribution is 5.85. The Hall–Kier alpha value is -2.29. The van der Waals surface area contributed by atoms with E-state index in [9.17, 15) is 4.79 Å². The Labute approximate surface area is 137 Å². The topological polar surface area (TPSA) is 32.3 Å². The van der Waals surface area contributed by atoms with E-state index in [0.717, 1.165) is 38.0 Å². The second-order valence-corrected chi connectivity index (χ2v) is 6.60. The lowest BCUT2D eigenvalue weighted by molar-refractivity contribution is -0.130. The number of fused-ring (bicyclic) bond motifs is 3. The minimum absolute atomic E-state index is 0.171. The van der Waals surface area contributed by atoms with Crippen molar-refractivity contribution in [3.63, 3.8) is 0 Å². The second kappa shape index (κ2) is 5.73. The first-order valence-electron chi connectivity index (χ1n) is 8.49. The van der Waals surface area contributed by atoms with Crippen LogP contribution in [0.2, 0.25) is 0 Å². The Balaban J connectivity index is 1.51. The molecule has 2 aromatic carbocycles. The lowest BCUT2D eigenvalue weighted by atomic mass is 10.1. The molecule has 118 valence electrons. The van der Waals surface area contributed by atoms with Gasteiger partial charge in [0.15, 0.2) is 0 Å². The summed E-state index contributed by atoms with van der Waals surface area (Å²) in [6.45, 7) is 3.78. The molecule has 3 heteroatoms. The van der Waals surface area contributed by atoms with E-state index in [2.05, 4.69) is 47.8 Å². The van der Waals surface area contributed by atoms with E-state index >= 15 is 0 Å². The van der Waals surface area contributed by atoms with Gasteiger partial charge in [-0.15, -0.1) is 0 Å². The third-order valence-corrected chi connectivity index (χ3v) is 4.97. The molecule has 0 aromatic heterocycles. The summed E-state index contributed by atoms with van der Waals surface area (Å²) in [5.74, 6) is 0.214. The minimum atomic E-state index is -0.171. The van der Waals surface area contributed by atoms with Crippen molar-refractivity contribution in [3.8, 4) is 11.1 Å². The van der Waals surface area contributed by atoms with E-state index in [1.54, 1.807) is 0 Å². The molecule has 2 aromatic rings. The Morgan fingerprint density at radius 3 is 2.61 bits per heavy atom. The molecule has 1 aliphatic carbocycles. The van der Waals surface area contributed by atoms with Gasteiger partial charge in [0.05, 0.1) is 0 Å². The molecule has 0 spiro atoms. The Morgan fingerprint density at radius 1 is 1.04 bits per heavy atom. The highest BCUT2D eigenvalue weighted by Gasteiger charge is 2.24. The van der Waals surface area contributed by atoms with Crippen molar-refractivity contribution in [2.75, 3.05) is 18.4 Å². The van der Waals surface area contributed by atoms with Gasteiger partial charge in [0.25, 0.3) is 0 Å². The molecular weight excluding hydrogens is 284 g/mol. The van der Waals surface area contributed by atoms with Gasteiger partial charge in [-0.2, -0.15) is 0 Å². The molecule has 0 radical (unpaired) electrons. The third-order valence-electron chi connectivity index (χ3n) is 4.97. The zero-order chi connectivity index (χ0) is 15.8. The van der Waals surface area contributed by atoms with Gasteiger partial charge in [-0.3, -0.25) is 4.79 Å². The molecule has 1 fully saturated rings. The van der Waals surface area contributed by atoms with Crippen molar-refractivity contribution in [3.05, 3.63) is 53.6 Å². The molecule has 1 aliphatic heterocycles. The Kier molecular flexibility index (Phi) is 3.56. The van der Waals surface area contributed by atoms with E-state index < -0.39 is 0 Å². The normalized spacial score (nSPS) is 16.8. The molecule has 0 unspecified atom stereocenters. The van der Waals surface area contributed by atoms with Gasteiger partial charge in [-0.1, -0.05) is 30.3 Å². The van der Waals surface area contributed by atoms with Crippen LogP contribution in [0.1, 0.15) is 30.9 Å². The Morgan fingerprint density at radius 2 is 1.78 bits per heavy atom. The lowest BCUT2D eigenvalue weighted by Gasteiger charge is -2.22. The summed E-state index contributed by atoms with van der Waals surface area (Å²) in [6.07, 6.45) is 3.25. The van der Waals surface area contributed by atoms with Crippen LogP contribution in [0.5, 0.6) is 0 Å². The summed E-state index contributed by atoms with van der Waals surface area (Å²) >= 11 is 0. The number of carbonyl (C=O) groups excluding carboxylic acids is 1. The summed E-state index contributed by atoms with van der Waals surface area (Å²) in [6, 6.07) is 14.9. The van der Waals surface area contributed by atoms with Crippen molar-refractivity contribution in [2.45, 2.75) is 32.2 Å². The first-order chi connectivity index (χ1) is 11.2. The first kappa shape index (κ1) is 14.3. The van der Waals surface area contributed by atoms with Crippen LogP contribution in [0.15, 0.2) is 42.5 Å². The van der Waals surface area contributed by atoms with Gasteiger partial charge in [-0.25, -0.2) is 0 Å². The molecule has 3 nitrogen and oxygen atoms in total. The molecule has 1 atom stereocenters. The molecule has 4 rings (SSSR count). The van der Waals surface area contributed by atoms with Crippen LogP contribution >= 0.6 is 0 Å². The van der Waals surface area contributed by atoms with Crippen molar-refractivity contribution >= 4 is 11.6 Å². The third kappa shape index (κ3) is 2.61. The lowest BCUT2D eigenvalue weighted by Crippen LogP contribution is -2.39. The molecule has 0 saturated carbocycles. The minimum Gasteiger partial charge on any atom is -0.374 e. The predicted octanol–water partition coefficient (Wildman–Crippen LogP) is 3.68. The summed E-state index contributed by atoms with van der Waals surface area (Å²) in [5.41, 5.74) is 6.44. The van der Waals surface area contributed by atoms with Gasteiger partial charge in [0.2, 0.25) is 5.91 Å². The number of rotatable bonds is 3. The maximum Gasteiger partial charge on any atom is 0.244 e. The van der Waals surface area contributed by atoms with Crippen LogP contribution in [0.25, 0.3) is 11.1 Å². The molecule has 1 saturated heterocycles. The Bertz CT molecular complexity index is 747. The van der Waals surface area contributed by atoms with Gasteiger partial charge < -0.3 is 10.2 Å². The zero-order valence-corrected chi connectivity index (χ0v) is 13.5. The van der Waals surface area contributed by atoms with Crippen molar-refractivity contribution in [1.82, 2.24) is 4.90 Å². The van der Waals surface area contributed by atoms with E-state index in [-0.39, 0.29) is 11.9 Å². The number of nitrogens with zero attached hydrogens (tertiary/aromatic N) is 1. The summed E-state index contributed by atoms with van der Waals surface area (Å²) in [4.78, 5) is 14.4. The molecule has 1 N–H and O–H groups in total. The number of benzene rings is 2. The molecule has 1 amide bonds. The van der Waals surface area contributed by atoms with Crippen LogP contribution in [-0.4, -0.2) is 29.9 Å². The van der Waals surface area contributed by atoms with Gasteiger partial charge in [-0.05, 0) is 60.6 Å². The SMILES string of the molecule is C[C@@H](Nc1ccc2c(c1)Cc1ccccc1-2)C(=O)N1CCCC1. The number of likely N-dealkylation sites (tertiary alicyclic amines) is 1. The van der Waals surface area contributed by atoms with Crippen LogP contribution < -0.4 is 5.32 Å². The van der Waals surface area contributed by atoms with E-state index in [1.807, 2.05) is 11.8 Å². The van der Waals surface area contributed by atoms with E-state index in [0.29, 0.717) is 0 Å². The second-order valence-electron chi connectivity index (χ2n) is 6.60. The smallest absolute Gasteiger partial charge is 0.244 e. The fourth-order valence-electron chi connectivity index (χ4n) is 3.76. The first-order valence-corrected chi connectivity index (χ1v) is 8.49. The highest BCUT2D eigenvalue weighted by atomic mass is 16.2. The maximum absolute atomic E-state index is 12.4. The van der Waals surface area contributed by atoms with E-state index in [1.165, 1.54) is 22.3 Å². The highest BCUT2D eigenvalue weighted by Crippen LogP contribution is 2.37. The zero-order valence-electron chi connectivity index (χ0n) is 13.5. The standard InChI is InChI=1S/C20H22N2O/c1-14(20(23)22-10-4-5-11-22)21-17-8-9-19-16(13-17)12-15-6-2-3-7-18(15)19/h2-3,6-9,13-14,21H,4-5,10-12H2,1H3/t14-/m1/s1. The molecule has 1 heterocycles. The number of anilines is 1.